The van der Waals surface area contributed by atoms with Crippen LogP contribution in [0.3, 0.4) is 0 Å². The summed E-state index contributed by atoms with van der Waals surface area (Å²) in [5.74, 6) is 1.52. The minimum Gasteiger partial charge on any atom is -0.410 e. The van der Waals surface area contributed by atoms with Crippen molar-refractivity contribution in [3.05, 3.63) is 65.7 Å². The number of aliphatic imine (C=N–C) groups is 1. The molecule has 0 radical (unpaired) electrons. The van der Waals surface area contributed by atoms with Crippen molar-refractivity contribution in [3.8, 4) is 5.75 Å². The molecule has 0 aliphatic carbocycles. The normalized spacial score (nSPS) is 13.1. The second-order valence-corrected chi connectivity index (χ2v) is 5.71. The first kappa shape index (κ1) is 16.1. The maximum atomic E-state index is 12.0. The molecular formula is C19H21N3O2. The van der Waals surface area contributed by atoms with Crippen LogP contribution in [0.4, 0.5) is 4.79 Å². The standard InChI is InChI=1S/C19H21N3O2/c1-22(19(23)24-17-5-3-2-4-6-17)14-11-15-7-9-16(10-8-15)18-20-12-13-21-18/h2-10H,11-14H2,1H3,(H,20,21). The number of carbonyl (C=O) groups is 1. The molecule has 1 N–H and O–H groups in total. The molecule has 5 nitrogen and oxygen atoms in total. The number of amidine groups is 1. The molecule has 1 amide bonds. The van der Waals surface area contributed by atoms with E-state index < -0.39 is 0 Å². The van der Waals surface area contributed by atoms with Gasteiger partial charge in [0.1, 0.15) is 11.6 Å². The van der Waals surface area contributed by atoms with Crippen LogP contribution in [0.2, 0.25) is 0 Å². The van der Waals surface area contributed by atoms with E-state index in [1.807, 2.05) is 18.2 Å². The molecule has 1 aliphatic heterocycles. The van der Waals surface area contributed by atoms with Crippen molar-refractivity contribution in [2.75, 3.05) is 26.7 Å². The summed E-state index contributed by atoms with van der Waals surface area (Å²) in [6.07, 6.45) is 0.433. The summed E-state index contributed by atoms with van der Waals surface area (Å²) >= 11 is 0. The van der Waals surface area contributed by atoms with Crippen LogP contribution in [-0.4, -0.2) is 43.5 Å². The van der Waals surface area contributed by atoms with Gasteiger partial charge in [-0.05, 0) is 24.1 Å². The lowest BCUT2D eigenvalue weighted by Gasteiger charge is -2.16. The van der Waals surface area contributed by atoms with E-state index in [2.05, 4.69) is 34.6 Å². The zero-order valence-electron chi connectivity index (χ0n) is 13.7. The van der Waals surface area contributed by atoms with Crippen LogP contribution >= 0.6 is 0 Å². The number of ether oxygens (including phenoxy) is 1. The van der Waals surface area contributed by atoms with Crippen LogP contribution in [0.15, 0.2) is 59.6 Å². The van der Waals surface area contributed by atoms with Crippen molar-refractivity contribution in [2.45, 2.75) is 6.42 Å². The first-order chi connectivity index (χ1) is 11.7. The highest BCUT2D eigenvalue weighted by Gasteiger charge is 2.11. The van der Waals surface area contributed by atoms with E-state index in [1.165, 1.54) is 5.56 Å². The minimum atomic E-state index is -0.345. The van der Waals surface area contributed by atoms with Gasteiger partial charge in [0.2, 0.25) is 0 Å². The molecule has 1 aliphatic rings. The second kappa shape index (κ2) is 7.64. The van der Waals surface area contributed by atoms with E-state index in [9.17, 15) is 4.79 Å². The van der Waals surface area contributed by atoms with Gasteiger partial charge in [-0.2, -0.15) is 0 Å². The van der Waals surface area contributed by atoms with Crippen molar-refractivity contribution in [3.63, 3.8) is 0 Å². The molecule has 0 fully saturated rings. The summed E-state index contributed by atoms with van der Waals surface area (Å²) in [6, 6.07) is 17.4. The summed E-state index contributed by atoms with van der Waals surface area (Å²) in [5.41, 5.74) is 2.28. The first-order valence-corrected chi connectivity index (χ1v) is 8.08. The lowest BCUT2D eigenvalue weighted by Crippen LogP contribution is -2.31. The highest BCUT2D eigenvalue weighted by molar-refractivity contribution is 5.99. The van der Waals surface area contributed by atoms with Gasteiger partial charge in [-0.15, -0.1) is 0 Å². The van der Waals surface area contributed by atoms with E-state index >= 15 is 0 Å². The lowest BCUT2D eigenvalue weighted by molar-refractivity contribution is 0.163. The SMILES string of the molecule is CN(CCc1ccc(C2=NCCN2)cc1)C(=O)Oc1ccccc1. The van der Waals surface area contributed by atoms with Gasteiger partial charge < -0.3 is 15.0 Å². The largest absolute Gasteiger partial charge is 0.414 e. The average molecular weight is 323 g/mol. The van der Waals surface area contributed by atoms with Crippen LogP contribution in [0, 0.1) is 0 Å². The summed E-state index contributed by atoms with van der Waals surface area (Å²) in [7, 11) is 1.75. The fraction of sp³-hybridized carbons (Fsp3) is 0.263. The molecule has 3 rings (SSSR count). The summed E-state index contributed by atoms with van der Waals surface area (Å²) in [5, 5.41) is 3.26. The Bertz CT molecular complexity index is 711. The highest BCUT2D eigenvalue weighted by Crippen LogP contribution is 2.11. The van der Waals surface area contributed by atoms with Gasteiger partial charge >= 0.3 is 6.09 Å². The topological polar surface area (TPSA) is 53.9 Å². The molecule has 5 heteroatoms. The van der Waals surface area contributed by atoms with Gasteiger partial charge in [0.25, 0.3) is 0 Å². The second-order valence-electron chi connectivity index (χ2n) is 5.71. The Kier molecular flexibility index (Phi) is 5.11. The van der Waals surface area contributed by atoms with Gasteiger partial charge in [0, 0.05) is 25.7 Å². The van der Waals surface area contributed by atoms with Crippen molar-refractivity contribution in [2.24, 2.45) is 4.99 Å². The van der Waals surface area contributed by atoms with Gasteiger partial charge in [0.15, 0.2) is 0 Å². The molecule has 0 bridgehead atoms. The predicted molar refractivity (Wildman–Crippen MR) is 94.6 cm³/mol. The summed E-state index contributed by atoms with van der Waals surface area (Å²) in [4.78, 5) is 18.0. The molecular weight excluding hydrogens is 302 g/mol. The molecule has 1 heterocycles. The smallest absolute Gasteiger partial charge is 0.410 e. The fourth-order valence-electron chi connectivity index (χ4n) is 2.48. The molecule has 24 heavy (non-hydrogen) atoms. The number of rotatable bonds is 5. The molecule has 0 saturated heterocycles. The maximum Gasteiger partial charge on any atom is 0.414 e. The van der Waals surface area contributed by atoms with Crippen LogP contribution < -0.4 is 10.1 Å². The Balaban J connectivity index is 1.50. The minimum absolute atomic E-state index is 0.345. The van der Waals surface area contributed by atoms with E-state index in [1.54, 1.807) is 24.1 Å². The number of hydrogen-bond donors (Lipinski definition) is 1. The monoisotopic (exact) mass is 323 g/mol. The number of nitrogens with one attached hydrogen (secondary N) is 1. The van der Waals surface area contributed by atoms with Gasteiger partial charge in [0.05, 0.1) is 6.54 Å². The van der Waals surface area contributed by atoms with Gasteiger partial charge in [-0.25, -0.2) is 4.79 Å². The zero-order chi connectivity index (χ0) is 16.8. The predicted octanol–water partition coefficient (Wildman–Crippen LogP) is 2.71. The van der Waals surface area contributed by atoms with Gasteiger partial charge in [-0.3, -0.25) is 4.99 Å². The number of para-hydroxylation sites is 1. The quantitative estimate of drug-likeness (QED) is 0.920. The molecule has 0 saturated carbocycles. The van der Waals surface area contributed by atoms with E-state index in [0.717, 1.165) is 30.9 Å². The highest BCUT2D eigenvalue weighted by atomic mass is 16.6. The molecule has 2 aromatic carbocycles. The Morgan fingerprint density at radius 2 is 1.92 bits per heavy atom. The Morgan fingerprint density at radius 3 is 2.58 bits per heavy atom. The molecule has 0 aromatic heterocycles. The average Bonchev–Trinajstić information content (AvgIpc) is 3.15. The van der Waals surface area contributed by atoms with Crippen LogP contribution in [0.1, 0.15) is 11.1 Å². The Labute approximate surface area is 142 Å². The van der Waals surface area contributed by atoms with E-state index in [4.69, 9.17) is 4.74 Å². The third-order valence-electron chi connectivity index (χ3n) is 3.90. The molecule has 0 atom stereocenters. The van der Waals surface area contributed by atoms with Gasteiger partial charge in [-0.1, -0.05) is 42.5 Å². The van der Waals surface area contributed by atoms with Crippen molar-refractivity contribution in [1.82, 2.24) is 10.2 Å². The third-order valence-corrected chi connectivity index (χ3v) is 3.90. The van der Waals surface area contributed by atoms with Crippen molar-refractivity contribution < 1.29 is 9.53 Å². The number of amides is 1. The molecule has 0 unspecified atom stereocenters. The van der Waals surface area contributed by atoms with Crippen LogP contribution in [0.5, 0.6) is 5.75 Å². The Morgan fingerprint density at radius 1 is 1.17 bits per heavy atom. The molecule has 124 valence electrons. The van der Waals surface area contributed by atoms with E-state index in [0.29, 0.717) is 12.3 Å². The van der Waals surface area contributed by atoms with Crippen LogP contribution in [-0.2, 0) is 6.42 Å². The summed E-state index contributed by atoms with van der Waals surface area (Å²) in [6.45, 7) is 2.35. The maximum absolute atomic E-state index is 12.0. The lowest BCUT2D eigenvalue weighted by atomic mass is 10.1. The summed E-state index contributed by atoms with van der Waals surface area (Å²) < 4.78 is 5.31. The Hall–Kier alpha value is -2.82. The number of benzene rings is 2. The number of nitrogens with zero attached hydrogens (tertiary/aromatic N) is 2. The molecule has 0 spiro atoms. The number of hydrogen-bond acceptors (Lipinski definition) is 4. The van der Waals surface area contributed by atoms with E-state index in [-0.39, 0.29) is 6.09 Å². The van der Waals surface area contributed by atoms with Crippen LogP contribution in [0.25, 0.3) is 0 Å². The molecule has 2 aromatic rings. The number of carbonyl (C=O) groups excluding carboxylic acids is 1. The first-order valence-electron chi connectivity index (χ1n) is 8.08. The number of likely N-dealkylation sites (N-methyl/N-ethyl adjacent to an activating group) is 1. The zero-order valence-corrected chi connectivity index (χ0v) is 13.7. The third kappa shape index (κ3) is 4.13. The van der Waals surface area contributed by atoms with Crippen molar-refractivity contribution >= 4 is 11.9 Å². The van der Waals surface area contributed by atoms with Crippen molar-refractivity contribution in [1.29, 1.82) is 0 Å². The fourth-order valence-corrected chi connectivity index (χ4v) is 2.48.